The largest absolute Gasteiger partial charge is 0.483 e. The molecule has 0 aromatic heterocycles. The lowest BCUT2D eigenvalue weighted by molar-refractivity contribution is -0.123. The summed E-state index contributed by atoms with van der Waals surface area (Å²) in [6.45, 7) is 4.10. The van der Waals surface area contributed by atoms with Crippen LogP contribution in [0.4, 0.5) is 0 Å². The number of carbonyl (C=O) groups is 1. The maximum absolute atomic E-state index is 11.8. The van der Waals surface area contributed by atoms with E-state index in [1.54, 1.807) is 0 Å². The van der Waals surface area contributed by atoms with Crippen LogP contribution in [0, 0.1) is 0 Å². The van der Waals surface area contributed by atoms with Crippen LogP contribution in [0.15, 0.2) is 54.6 Å². The molecule has 0 fully saturated rings. The lowest BCUT2D eigenvalue weighted by atomic mass is 10.1. The van der Waals surface area contributed by atoms with Gasteiger partial charge in [-0.1, -0.05) is 48.5 Å². The van der Waals surface area contributed by atoms with E-state index in [2.05, 4.69) is 5.32 Å². The Labute approximate surface area is 131 Å². The average molecular weight is 298 g/mol. The second-order valence-electron chi connectivity index (χ2n) is 5.92. The highest BCUT2D eigenvalue weighted by Crippen LogP contribution is 2.29. The molecular weight excluding hydrogens is 276 g/mol. The summed E-state index contributed by atoms with van der Waals surface area (Å²) in [4.78, 5) is 11.8. The van der Waals surface area contributed by atoms with Gasteiger partial charge in [-0.25, -0.2) is 0 Å². The fourth-order valence-corrected chi connectivity index (χ4v) is 1.97. The van der Waals surface area contributed by atoms with Crippen LogP contribution >= 0.6 is 0 Å². The molecule has 3 N–H and O–H groups in total. The number of nitrogens with two attached hydrogens (primary N) is 1. The van der Waals surface area contributed by atoms with Gasteiger partial charge in [-0.3, -0.25) is 4.79 Å². The molecule has 2 aromatic rings. The molecule has 4 nitrogen and oxygen atoms in total. The first-order valence-corrected chi connectivity index (χ1v) is 7.28. The zero-order valence-corrected chi connectivity index (χ0v) is 13.0. The van der Waals surface area contributed by atoms with Crippen molar-refractivity contribution in [2.75, 3.05) is 13.2 Å². The molecule has 0 unspecified atom stereocenters. The lowest BCUT2D eigenvalue weighted by Crippen LogP contribution is -2.46. The van der Waals surface area contributed by atoms with E-state index >= 15 is 0 Å². The Morgan fingerprint density at radius 2 is 1.73 bits per heavy atom. The molecule has 0 aliphatic carbocycles. The minimum absolute atomic E-state index is 0.0279. The molecule has 1 amide bonds. The number of benzene rings is 2. The summed E-state index contributed by atoms with van der Waals surface area (Å²) in [6, 6.07) is 17.6. The van der Waals surface area contributed by atoms with Crippen LogP contribution in [0.2, 0.25) is 0 Å². The van der Waals surface area contributed by atoms with Crippen molar-refractivity contribution in [3.8, 4) is 16.9 Å². The van der Waals surface area contributed by atoms with Gasteiger partial charge in [0, 0.05) is 17.6 Å². The molecule has 2 rings (SSSR count). The highest BCUT2D eigenvalue weighted by molar-refractivity contribution is 5.78. The molecule has 0 atom stereocenters. The molecular formula is C18H22N2O2. The van der Waals surface area contributed by atoms with E-state index < -0.39 is 5.54 Å². The van der Waals surface area contributed by atoms with Crippen molar-refractivity contribution in [3.05, 3.63) is 54.6 Å². The molecule has 116 valence electrons. The van der Waals surface area contributed by atoms with E-state index in [4.69, 9.17) is 10.5 Å². The number of nitrogens with one attached hydrogen (secondary N) is 1. The summed E-state index contributed by atoms with van der Waals surface area (Å²) in [5.74, 6) is 0.511. The zero-order chi connectivity index (χ0) is 16.0. The van der Waals surface area contributed by atoms with E-state index in [9.17, 15) is 4.79 Å². The Bertz CT molecular complexity index is 618. The molecule has 22 heavy (non-hydrogen) atoms. The molecule has 0 saturated carbocycles. The Balaban J connectivity index is 2.01. The number of amides is 1. The molecule has 0 radical (unpaired) electrons. The Morgan fingerprint density at radius 1 is 1.09 bits per heavy atom. The van der Waals surface area contributed by atoms with Crippen LogP contribution in [0.1, 0.15) is 13.8 Å². The number of carbonyl (C=O) groups excluding carboxylic acids is 1. The summed E-state index contributed by atoms with van der Waals surface area (Å²) in [5, 5.41) is 2.76. The van der Waals surface area contributed by atoms with E-state index in [-0.39, 0.29) is 12.5 Å². The first kappa shape index (κ1) is 16.0. The van der Waals surface area contributed by atoms with E-state index in [1.807, 2.05) is 68.4 Å². The number of ether oxygens (including phenoxy) is 1. The molecule has 0 bridgehead atoms. The van der Waals surface area contributed by atoms with Gasteiger partial charge in [-0.05, 0) is 25.5 Å². The zero-order valence-electron chi connectivity index (χ0n) is 13.0. The normalized spacial score (nSPS) is 11.0. The number of rotatable bonds is 6. The molecule has 0 saturated heterocycles. The summed E-state index contributed by atoms with van der Waals surface area (Å²) in [7, 11) is 0. The van der Waals surface area contributed by atoms with Crippen molar-refractivity contribution < 1.29 is 9.53 Å². The van der Waals surface area contributed by atoms with Gasteiger partial charge < -0.3 is 15.8 Å². The maximum Gasteiger partial charge on any atom is 0.258 e. The van der Waals surface area contributed by atoms with E-state index in [1.165, 1.54) is 0 Å². The second-order valence-corrected chi connectivity index (χ2v) is 5.92. The smallest absolute Gasteiger partial charge is 0.258 e. The van der Waals surface area contributed by atoms with Gasteiger partial charge >= 0.3 is 0 Å². The first-order valence-electron chi connectivity index (χ1n) is 7.28. The van der Waals surface area contributed by atoms with Gasteiger partial charge in [-0.2, -0.15) is 0 Å². The van der Waals surface area contributed by atoms with Crippen molar-refractivity contribution in [1.82, 2.24) is 5.32 Å². The fraction of sp³-hybridized carbons (Fsp3) is 0.278. The van der Waals surface area contributed by atoms with Gasteiger partial charge in [0.2, 0.25) is 0 Å². The van der Waals surface area contributed by atoms with Gasteiger partial charge in [0.1, 0.15) is 5.75 Å². The molecule has 4 heteroatoms. The SMILES string of the molecule is CC(C)(N)CNC(=O)COc1ccccc1-c1ccccc1. The van der Waals surface area contributed by atoms with Crippen LogP contribution < -0.4 is 15.8 Å². The number of hydrogen-bond donors (Lipinski definition) is 2. The monoisotopic (exact) mass is 298 g/mol. The Kier molecular flexibility index (Phi) is 5.17. The molecule has 2 aromatic carbocycles. The minimum Gasteiger partial charge on any atom is -0.483 e. The topological polar surface area (TPSA) is 64.3 Å². The lowest BCUT2D eigenvalue weighted by Gasteiger charge is -2.19. The Morgan fingerprint density at radius 3 is 2.41 bits per heavy atom. The molecule has 0 spiro atoms. The van der Waals surface area contributed by atoms with Crippen LogP contribution in [0.3, 0.4) is 0 Å². The predicted molar refractivity (Wildman–Crippen MR) is 88.6 cm³/mol. The van der Waals surface area contributed by atoms with E-state index in [0.29, 0.717) is 12.3 Å². The highest BCUT2D eigenvalue weighted by atomic mass is 16.5. The van der Waals surface area contributed by atoms with E-state index in [0.717, 1.165) is 11.1 Å². The first-order chi connectivity index (χ1) is 10.5. The Hall–Kier alpha value is -2.33. The minimum atomic E-state index is -0.433. The summed E-state index contributed by atoms with van der Waals surface area (Å²) in [5.41, 5.74) is 7.43. The van der Waals surface area contributed by atoms with Crippen LogP contribution in [0.25, 0.3) is 11.1 Å². The van der Waals surface area contributed by atoms with Gasteiger partial charge in [-0.15, -0.1) is 0 Å². The van der Waals surface area contributed by atoms with Crippen molar-refractivity contribution in [1.29, 1.82) is 0 Å². The summed E-state index contributed by atoms with van der Waals surface area (Å²) < 4.78 is 5.67. The summed E-state index contributed by atoms with van der Waals surface area (Å²) >= 11 is 0. The highest BCUT2D eigenvalue weighted by Gasteiger charge is 2.13. The second kappa shape index (κ2) is 7.09. The van der Waals surface area contributed by atoms with Crippen molar-refractivity contribution in [3.63, 3.8) is 0 Å². The third-order valence-electron chi connectivity index (χ3n) is 3.07. The van der Waals surface area contributed by atoms with Crippen LogP contribution in [-0.4, -0.2) is 24.6 Å². The standard InChI is InChI=1S/C18H22N2O2/c1-18(2,19)13-20-17(21)12-22-16-11-7-6-10-15(16)14-8-4-3-5-9-14/h3-11H,12-13,19H2,1-2H3,(H,20,21). The fourth-order valence-electron chi connectivity index (χ4n) is 1.97. The number of hydrogen-bond acceptors (Lipinski definition) is 3. The molecule has 0 aliphatic heterocycles. The third kappa shape index (κ3) is 4.90. The maximum atomic E-state index is 11.8. The third-order valence-corrected chi connectivity index (χ3v) is 3.07. The van der Waals surface area contributed by atoms with Crippen LogP contribution in [-0.2, 0) is 4.79 Å². The van der Waals surface area contributed by atoms with Crippen LogP contribution in [0.5, 0.6) is 5.75 Å². The molecule has 0 heterocycles. The summed E-state index contributed by atoms with van der Waals surface area (Å²) in [6.07, 6.45) is 0. The molecule has 0 aliphatic rings. The quantitative estimate of drug-likeness (QED) is 0.861. The van der Waals surface area contributed by atoms with Gasteiger partial charge in [0.25, 0.3) is 5.91 Å². The van der Waals surface area contributed by atoms with Gasteiger partial charge in [0.05, 0.1) is 0 Å². The predicted octanol–water partition coefficient (Wildman–Crippen LogP) is 2.59. The van der Waals surface area contributed by atoms with Crippen molar-refractivity contribution >= 4 is 5.91 Å². The van der Waals surface area contributed by atoms with Gasteiger partial charge in [0.15, 0.2) is 6.61 Å². The van der Waals surface area contributed by atoms with Crippen molar-refractivity contribution in [2.24, 2.45) is 5.73 Å². The van der Waals surface area contributed by atoms with Crippen molar-refractivity contribution in [2.45, 2.75) is 19.4 Å². The number of para-hydroxylation sites is 1. The average Bonchev–Trinajstić information content (AvgIpc) is 2.51.